The van der Waals surface area contributed by atoms with E-state index in [-0.39, 0.29) is 11.3 Å². The number of aromatic carboxylic acids is 1. The highest BCUT2D eigenvalue weighted by molar-refractivity contribution is 5.85. The van der Waals surface area contributed by atoms with Crippen LogP contribution in [-0.2, 0) is 5.41 Å². The summed E-state index contributed by atoms with van der Waals surface area (Å²) in [5.41, 5.74) is 1.25. The Labute approximate surface area is 160 Å². The smallest absolute Gasteiger partial charge is 0.354 e. The summed E-state index contributed by atoms with van der Waals surface area (Å²) in [7, 11) is 0. The highest BCUT2D eigenvalue weighted by Gasteiger charge is 2.40. The third-order valence-electron chi connectivity index (χ3n) is 5.25. The third-order valence-corrected chi connectivity index (χ3v) is 5.25. The van der Waals surface area contributed by atoms with Crippen molar-refractivity contribution in [2.45, 2.75) is 31.1 Å². The molecule has 28 heavy (non-hydrogen) atoms. The van der Waals surface area contributed by atoms with Gasteiger partial charge in [-0.25, -0.2) is 9.78 Å². The molecule has 142 valence electrons. The highest BCUT2D eigenvalue weighted by Crippen LogP contribution is 2.45. The maximum absolute atomic E-state index is 14.1. The average molecular weight is 381 g/mol. The van der Waals surface area contributed by atoms with Crippen molar-refractivity contribution in [3.8, 4) is 11.3 Å². The first-order valence-electron chi connectivity index (χ1n) is 9.00. The minimum Gasteiger partial charge on any atom is -0.477 e. The van der Waals surface area contributed by atoms with Crippen molar-refractivity contribution >= 4 is 5.97 Å². The molecule has 0 bridgehead atoms. The zero-order chi connectivity index (χ0) is 19.7. The van der Waals surface area contributed by atoms with Gasteiger partial charge in [0, 0.05) is 0 Å². The third kappa shape index (κ3) is 3.13. The van der Waals surface area contributed by atoms with E-state index in [4.69, 9.17) is 0 Å². The molecular formula is C21H17F2N3O2. The van der Waals surface area contributed by atoms with Crippen molar-refractivity contribution in [1.82, 2.24) is 15.0 Å². The van der Waals surface area contributed by atoms with E-state index < -0.39 is 23.3 Å². The van der Waals surface area contributed by atoms with Crippen LogP contribution in [0.5, 0.6) is 0 Å². The Bertz CT molecular complexity index is 1050. The lowest BCUT2D eigenvalue weighted by molar-refractivity contribution is 0.0690. The minimum absolute atomic E-state index is 0.0197. The molecule has 0 spiro atoms. The Morgan fingerprint density at radius 3 is 2.25 bits per heavy atom. The van der Waals surface area contributed by atoms with Gasteiger partial charge in [0.1, 0.15) is 5.69 Å². The molecule has 0 unspecified atom stereocenters. The van der Waals surface area contributed by atoms with Crippen LogP contribution in [0.2, 0.25) is 0 Å². The molecular weight excluding hydrogens is 364 g/mol. The molecule has 1 fully saturated rings. The van der Waals surface area contributed by atoms with Crippen molar-refractivity contribution in [1.29, 1.82) is 0 Å². The topological polar surface area (TPSA) is 76.0 Å². The number of pyridine rings is 3. The first kappa shape index (κ1) is 18.2. The second-order valence-electron chi connectivity index (χ2n) is 6.88. The van der Waals surface area contributed by atoms with Gasteiger partial charge in [-0.1, -0.05) is 25.0 Å². The molecule has 7 heteroatoms. The normalized spacial score (nSPS) is 15.5. The zero-order valence-electron chi connectivity index (χ0n) is 14.9. The lowest BCUT2D eigenvalue weighted by Gasteiger charge is -2.28. The number of aromatic nitrogens is 3. The lowest BCUT2D eigenvalue weighted by Crippen LogP contribution is -2.27. The van der Waals surface area contributed by atoms with Gasteiger partial charge in [-0.3, -0.25) is 4.98 Å². The summed E-state index contributed by atoms with van der Waals surface area (Å²) in [4.78, 5) is 23.6. The molecule has 3 aromatic rings. The van der Waals surface area contributed by atoms with E-state index in [9.17, 15) is 18.7 Å². The lowest BCUT2D eigenvalue weighted by atomic mass is 9.78. The van der Waals surface area contributed by atoms with Crippen molar-refractivity contribution in [2.75, 3.05) is 0 Å². The molecule has 0 saturated heterocycles. The van der Waals surface area contributed by atoms with Crippen LogP contribution in [0, 0.1) is 11.9 Å². The van der Waals surface area contributed by atoms with E-state index in [1.807, 2.05) is 12.1 Å². The molecule has 3 heterocycles. The fourth-order valence-electron chi connectivity index (χ4n) is 3.90. The SMILES string of the molecule is O=C(O)c1cccc(C2(c3cccc(-c4ccc(F)nc4F)n3)CCCC2)n1. The average Bonchev–Trinajstić information content (AvgIpc) is 3.19. The number of carbonyl (C=O) groups is 1. The van der Waals surface area contributed by atoms with Gasteiger partial charge in [0.05, 0.1) is 28.1 Å². The van der Waals surface area contributed by atoms with Crippen LogP contribution in [0.3, 0.4) is 0 Å². The highest BCUT2D eigenvalue weighted by atomic mass is 19.1. The fourth-order valence-corrected chi connectivity index (χ4v) is 3.90. The van der Waals surface area contributed by atoms with Gasteiger partial charge in [0.2, 0.25) is 11.9 Å². The van der Waals surface area contributed by atoms with Crippen LogP contribution in [0.25, 0.3) is 11.3 Å². The van der Waals surface area contributed by atoms with E-state index in [1.54, 1.807) is 18.2 Å². The Morgan fingerprint density at radius 1 is 0.893 bits per heavy atom. The molecule has 1 N–H and O–H groups in total. The van der Waals surface area contributed by atoms with Gasteiger partial charge in [-0.2, -0.15) is 13.8 Å². The minimum atomic E-state index is -1.09. The Balaban J connectivity index is 1.83. The molecule has 0 aromatic carbocycles. The van der Waals surface area contributed by atoms with E-state index >= 15 is 0 Å². The summed E-state index contributed by atoms with van der Waals surface area (Å²) >= 11 is 0. The predicted molar refractivity (Wildman–Crippen MR) is 97.8 cm³/mol. The quantitative estimate of drug-likeness (QED) is 0.679. The van der Waals surface area contributed by atoms with Crippen molar-refractivity contribution in [2.24, 2.45) is 0 Å². The summed E-state index contributed by atoms with van der Waals surface area (Å²) in [5.74, 6) is -2.90. The van der Waals surface area contributed by atoms with Gasteiger partial charge in [0.15, 0.2) is 0 Å². The number of carboxylic acids is 1. The van der Waals surface area contributed by atoms with Crippen LogP contribution >= 0.6 is 0 Å². The van der Waals surface area contributed by atoms with Crippen molar-refractivity contribution < 1.29 is 18.7 Å². The zero-order valence-corrected chi connectivity index (χ0v) is 14.9. The van der Waals surface area contributed by atoms with Gasteiger partial charge < -0.3 is 5.11 Å². The maximum atomic E-state index is 14.1. The largest absolute Gasteiger partial charge is 0.477 e. The Kier molecular flexibility index (Phi) is 4.58. The molecule has 4 rings (SSSR count). The molecule has 0 atom stereocenters. The second-order valence-corrected chi connectivity index (χ2v) is 6.88. The number of nitrogens with zero attached hydrogens (tertiary/aromatic N) is 3. The summed E-state index contributed by atoms with van der Waals surface area (Å²) in [5, 5.41) is 9.29. The van der Waals surface area contributed by atoms with Crippen LogP contribution in [0.1, 0.15) is 47.6 Å². The van der Waals surface area contributed by atoms with Gasteiger partial charge in [-0.05, 0) is 49.2 Å². The van der Waals surface area contributed by atoms with Gasteiger partial charge in [0.25, 0.3) is 0 Å². The number of hydrogen-bond acceptors (Lipinski definition) is 4. The molecule has 1 aliphatic rings. The van der Waals surface area contributed by atoms with E-state index in [0.717, 1.165) is 31.7 Å². The molecule has 3 aromatic heterocycles. The van der Waals surface area contributed by atoms with Crippen molar-refractivity contribution in [3.63, 3.8) is 0 Å². The van der Waals surface area contributed by atoms with Gasteiger partial charge >= 0.3 is 5.97 Å². The van der Waals surface area contributed by atoms with Crippen LogP contribution in [0.15, 0.2) is 48.5 Å². The Hall–Kier alpha value is -3.22. The van der Waals surface area contributed by atoms with Gasteiger partial charge in [-0.15, -0.1) is 0 Å². The fraction of sp³-hybridized carbons (Fsp3) is 0.238. The molecule has 1 saturated carbocycles. The number of hydrogen-bond donors (Lipinski definition) is 1. The molecule has 5 nitrogen and oxygen atoms in total. The summed E-state index contributed by atoms with van der Waals surface area (Å²) < 4.78 is 27.3. The molecule has 1 aliphatic carbocycles. The summed E-state index contributed by atoms with van der Waals surface area (Å²) in [6.07, 6.45) is 3.45. The van der Waals surface area contributed by atoms with Crippen LogP contribution < -0.4 is 0 Å². The monoisotopic (exact) mass is 381 g/mol. The number of halogens is 2. The first-order valence-corrected chi connectivity index (χ1v) is 9.00. The molecule has 0 amide bonds. The van der Waals surface area contributed by atoms with E-state index in [2.05, 4.69) is 15.0 Å². The second kappa shape index (κ2) is 7.07. The summed E-state index contributed by atoms with van der Waals surface area (Å²) in [6.45, 7) is 0. The number of carboxylic acid groups (broad SMARTS) is 1. The first-order chi connectivity index (χ1) is 13.5. The van der Waals surface area contributed by atoms with E-state index in [0.29, 0.717) is 17.1 Å². The van der Waals surface area contributed by atoms with E-state index in [1.165, 1.54) is 12.1 Å². The standard InChI is InChI=1S/C21H17F2N3O2/c22-18-10-9-13(19(23)26-18)14-5-3-7-16(24-14)21(11-1-2-12-21)17-8-4-6-15(25-17)20(27)28/h3-10H,1-2,11-12H2,(H,27,28). The summed E-state index contributed by atoms with van der Waals surface area (Å²) in [6, 6.07) is 12.6. The molecule has 0 radical (unpaired) electrons. The predicted octanol–water partition coefficient (Wildman–Crippen LogP) is 4.38. The van der Waals surface area contributed by atoms with Crippen LogP contribution in [0.4, 0.5) is 8.78 Å². The number of rotatable bonds is 4. The molecule has 0 aliphatic heterocycles. The van der Waals surface area contributed by atoms with Crippen molar-refractivity contribution in [3.05, 3.63) is 77.5 Å². The maximum Gasteiger partial charge on any atom is 0.354 e. The van der Waals surface area contributed by atoms with Crippen LogP contribution in [-0.4, -0.2) is 26.0 Å². The Morgan fingerprint density at radius 2 is 1.57 bits per heavy atom.